The topological polar surface area (TPSA) is 64.3 Å². The average Bonchev–Trinajstić information content (AvgIpc) is 2.53. The zero-order valence-electron chi connectivity index (χ0n) is 11.4. The van der Waals surface area contributed by atoms with E-state index in [9.17, 15) is 15.2 Å². The summed E-state index contributed by atoms with van der Waals surface area (Å²) in [7, 11) is 0. The molecule has 1 N–H and O–H groups in total. The van der Waals surface area contributed by atoms with Gasteiger partial charge >= 0.3 is 5.97 Å². The summed E-state index contributed by atoms with van der Waals surface area (Å²) in [6, 6.07) is 16.5. The fourth-order valence-corrected chi connectivity index (χ4v) is 2.82. The van der Waals surface area contributed by atoms with E-state index in [0.29, 0.717) is 24.2 Å². The van der Waals surface area contributed by atoms with Gasteiger partial charge in [-0.25, -0.2) is 4.79 Å². The molecule has 0 fully saturated rings. The molecule has 1 aliphatic heterocycles. The van der Waals surface area contributed by atoms with Crippen LogP contribution in [0.3, 0.4) is 0 Å². The Bertz CT molecular complexity index is 734. The Kier molecular flexibility index (Phi) is 3.33. The third-order valence-corrected chi connectivity index (χ3v) is 3.87. The van der Waals surface area contributed by atoms with Crippen LogP contribution in [0.4, 0.5) is 5.69 Å². The maximum Gasteiger partial charge on any atom is 0.326 e. The van der Waals surface area contributed by atoms with E-state index in [0.717, 1.165) is 11.1 Å². The molecule has 1 aliphatic rings. The number of nitrogens with zero attached hydrogens (tertiary/aromatic N) is 2. The van der Waals surface area contributed by atoms with E-state index in [-0.39, 0.29) is 0 Å². The molecular formula is C17H14N2O2. The molecule has 0 saturated carbocycles. The molecule has 0 bridgehead atoms. The molecule has 21 heavy (non-hydrogen) atoms. The summed E-state index contributed by atoms with van der Waals surface area (Å²) >= 11 is 0. The highest BCUT2D eigenvalue weighted by Gasteiger charge is 2.32. The van der Waals surface area contributed by atoms with Crippen LogP contribution in [0.1, 0.15) is 16.7 Å². The smallest absolute Gasteiger partial charge is 0.326 e. The summed E-state index contributed by atoms with van der Waals surface area (Å²) in [5, 5.41) is 18.8. The lowest BCUT2D eigenvalue weighted by Crippen LogP contribution is -2.46. The summed E-state index contributed by atoms with van der Waals surface area (Å²) in [5.74, 6) is -0.864. The number of hydrogen-bond donors (Lipinski definition) is 1. The average molecular weight is 278 g/mol. The van der Waals surface area contributed by atoms with Crippen LogP contribution >= 0.6 is 0 Å². The molecule has 1 atom stereocenters. The molecule has 104 valence electrons. The number of anilines is 1. The van der Waals surface area contributed by atoms with E-state index in [2.05, 4.69) is 6.07 Å². The normalized spacial score (nSPS) is 16.9. The van der Waals surface area contributed by atoms with Crippen LogP contribution in [-0.4, -0.2) is 17.1 Å². The van der Waals surface area contributed by atoms with Crippen molar-refractivity contribution >= 4 is 11.7 Å². The van der Waals surface area contributed by atoms with Gasteiger partial charge in [-0.15, -0.1) is 0 Å². The molecule has 0 saturated heterocycles. The molecule has 1 unspecified atom stereocenters. The summed E-state index contributed by atoms with van der Waals surface area (Å²) in [6.45, 7) is 0.506. The molecule has 0 aromatic heterocycles. The van der Waals surface area contributed by atoms with Gasteiger partial charge in [-0.1, -0.05) is 36.4 Å². The predicted molar refractivity (Wildman–Crippen MR) is 78.9 cm³/mol. The summed E-state index contributed by atoms with van der Waals surface area (Å²) in [6.07, 6.45) is 0.450. The molecule has 0 radical (unpaired) electrons. The second-order valence-electron chi connectivity index (χ2n) is 5.08. The van der Waals surface area contributed by atoms with E-state index in [1.807, 2.05) is 41.3 Å². The van der Waals surface area contributed by atoms with Gasteiger partial charge in [0.05, 0.1) is 11.3 Å². The number of aliphatic carboxylic acids is 1. The molecule has 2 aromatic rings. The van der Waals surface area contributed by atoms with Crippen molar-refractivity contribution < 1.29 is 9.90 Å². The Morgan fingerprint density at radius 1 is 1.14 bits per heavy atom. The molecule has 4 nitrogen and oxygen atoms in total. The standard InChI is InChI=1S/C17H14N2O2/c18-10-13-6-3-4-8-15(13)19-11-14-7-2-1-5-12(14)9-16(19)17(20)21/h1-8,16H,9,11H2,(H,20,21). The molecule has 0 aliphatic carbocycles. The fourth-order valence-electron chi connectivity index (χ4n) is 2.82. The molecule has 4 heteroatoms. The SMILES string of the molecule is N#Cc1ccccc1N1Cc2ccccc2CC1C(=O)O. The van der Waals surface area contributed by atoms with Crippen molar-refractivity contribution in [1.29, 1.82) is 5.26 Å². The summed E-state index contributed by atoms with van der Waals surface area (Å²) in [4.78, 5) is 13.4. The number of carboxylic acid groups (broad SMARTS) is 1. The number of fused-ring (bicyclic) bond motifs is 1. The number of carbonyl (C=O) groups is 1. The van der Waals surface area contributed by atoms with Crippen molar-refractivity contribution in [2.75, 3.05) is 4.90 Å². The lowest BCUT2D eigenvalue weighted by molar-refractivity contribution is -0.138. The first-order chi connectivity index (χ1) is 10.2. The molecule has 0 amide bonds. The van der Waals surface area contributed by atoms with Crippen molar-refractivity contribution in [1.82, 2.24) is 0 Å². The lowest BCUT2D eigenvalue weighted by Gasteiger charge is -2.36. The Morgan fingerprint density at radius 3 is 2.52 bits per heavy atom. The van der Waals surface area contributed by atoms with E-state index in [1.54, 1.807) is 12.1 Å². The first-order valence-electron chi connectivity index (χ1n) is 6.76. The quantitative estimate of drug-likeness (QED) is 0.917. The molecule has 1 heterocycles. The first-order valence-corrected chi connectivity index (χ1v) is 6.76. The Balaban J connectivity index is 2.08. The predicted octanol–water partition coefficient (Wildman–Crippen LogP) is 2.57. The Labute approximate surface area is 122 Å². The van der Waals surface area contributed by atoms with Crippen LogP contribution in [0, 0.1) is 11.3 Å². The van der Waals surface area contributed by atoms with Crippen LogP contribution in [0.2, 0.25) is 0 Å². The second kappa shape index (κ2) is 5.29. The van der Waals surface area contributed by atoms with Crippen LogP contribution in [0.5, 0.6) is 0 Å². The minimum absolute atomic E-state index is 0.450. The Morgan fingerprint density at radius 2 is 1.81 bits per heavy atom. The van der Waals surface area contributed by atoms with E-state index >= 15 is 0 Å². The highest BCUT2D eigenvalue weighted by Crippen LogP contribution is 2.30. The zero-order valence-corrected chi connectivity index (χ0v) is 11.4. The first kappa shape index (κ1) is 13.2. The van der Waals surface area contributed by atoms with Crippen LogP contribution in [0.15, 0.2) is 48.5 Å². The van der Waals surface area contributed by atoms with Gasteiger partial charge in [-0.05, 0) is 23.3 Å². The van der Waals surface area contributed by atoms with E-state index < -0.39 is 12.0 Å². The molecule has 0 spiro atoms. The van der Waals surface area contributed by atoms with E-state index in [1.165, 1.54) is 0 Å². The summed E-state index contributed by atoms with van der Waals surface area (Å²) < 4.78 is 0. The van der Waals surface area contributed by atoms with Crippen molar-refractivity contribution in [3.63, 3.8) is 0 Å². The van der Waals surface area contributed by atoms with Crippen molar-refractivity contribution in [2.24, 2.45) is 0 Å². The minimum atomic E-state index is -0.864. The number of benzene rings is 2. The lowest BCUT2D eigenvalue weighted by atomic mass is 9.93. The Hall–Kier alpha value is -2.80. The van der Waals surface area contributed by atoms with Crippen molar-refractivity contribution in [3.8, 4) is 6.07 Å². The third-order valence-electron chi connectivity index (χ3n) is 3.87. The largest absolute Gasteiger partial charge is 0.480 e. The second-order valence-corrected chi connectivity index (χ2v) is 5.08. The van der Waals surface area contributed by atoms with Crippen LogP contribution in [-0.2, 0) is 17.8 Å². The summed E-state index contributed by atoms with van der Waals surface area (Å²) in [5.41, 5.74) is 3.36. The van der Waals surface area contributed by atoms with Gasteiger partial charge in [0, 0.05) is 13.0 Å². The van der Waals surface area contributed by atoms with Crippen molar-refractivity contribution in [2.45, 2.75) is 19.0 Å². The number of para-hydroxylation sites is 1. The van der Waals surface area contributed by atoms with Gasteiger partial charge in [-0.2, -0.15) is 5.26 Å². The van der Waals surface area contributed by atoms with Gasteiger partial charge in [0.15, 0.2) is 0 Å². The number of hydrogen-bond acceptors (Lipinski definition) is 3. The van der Waals surface area contributed by atoms with Crippen LogP contribution < -0.4 is 4.90 Å². The number of nitriles is 1. The zero-order chi connectivity index (χ0) is 14.8. The van der Waals surface area contributed by atoms with E-state index in [4.69, 9.17) is 0 Å². The monoisotopic (exact) mass is 278 g/mol. The van der Waals surface area contributed by atoms with Crippen molar-refractivity contribution in [3.05, 3.63) is 65.2 Å². The third kappa shape index (κ3) is 2.34. The van der Waals surface area contributed by atoms with Gasteiger partial charge < -0.3 is 10.0 Å². The maximum absolute atomic E-state index is 11.6. The number of carboxylic acids is 1. The number of rotatable bonds is 2. The maximum atomic E-state index is 11.6. The van der Waals surface area contributed by atoms with Gasteiger partial charge in [-0.3, -0.25) is 0 Å². The molecule has 2 aromatic carbocycles. The molecule has 3 rings (SSSR count). The van der Waals surface area contributed by atoms with Crippen LogP contribution in [0.25, 0.3) is 0 Å². The minimum Gasteiger partial charge on any atom is -0.480 e. The fraction of sp³-hybridized carbons (Fsp3) is 0.176. The van der Waals surface area contributed by atoms with Gasteiger partial charge in [0.1, 0.15) is 12.1 Å². The molecular weight excluding hydrogens is 264 g/mol. The highest BCUT2D eigenvalue weighted by molar-refractivity contribution is 5.80. The highest BCUT2D eigenvalue weighted by atomic mass is 16.4. The van der Waals surface area contributed by atoms with Gasteiger partial charge in [0.2, 0.25) is 0 Å². The van der Waals surface area contributed by atoms with Gasteiger partial charge in [0.25, 0.3) is 0 Å².